The van der Waals surface area contributed by atoms with Crippen molar-refractivity contribution in [3.63, 3.8) is 0 Å². The monoisotopic (exact) mass is 217 g/mol. The van der Waals surface area contributed by atoms with Crippen LogP contribution in [-0.2, 0) is 4.74 Å². The third-order valence-electron chi connectivity index (χ3n) is 2.41. The van der Waals surface area contributed by atoms with E-state index in [0.29, 0.717) is 30.2 Å². The molecule has 5 heteroatoms. The van der Waals surface area contributed by atoms with E-state index in [1.54, 1.807) is 19.1 Å². The minimum atomic E-state index is -0.221. The molecule has 0 spiro atoms. The summed E-state index contributed by atoms with van der Waals surface area (Å²) >= 11 is 0. The molecule has 0 atom stereocenters. The van der Waals surface area contributed by atoms with Crippen LogP contribution in [0.2, 0.25) is 0 Å². The highest BCUT2D eigenvalue weighted by molar-refractivity contribution is 5.92. The number of nitrogens with zero attached hydrogens (tertiary/aromatic N) is 2. The second-order valence-corrected chi connectivity index (χ2v) is 3.65. The van der Waals surface area contributed by atoms with E-state index in [1.165, 1.54) is 0 Å². The Hall–Kier alpha value is -1.93. The number of nitrogens with one attached hydrogen (secondary N) is 1. The first-order valence-electron chi connectivity index (χ1n) is 4.97. The topological polar surface area (TPSA) is 75.0 Å². The Balaban J connectivity index is 2.11. The number of aromatic nitrogens is 1. The molecule has 0 aliphatic carbocycles. The van der Waals surface area contributed by atoms with Crippen LogP contribution in [0, 0.1) is 18.3 Å². The summed E-state index contributed by atoms with van der Waals surface area (Å²) in [5.41, 5.74) is 1.40. The van der Waals surface area contributed by atoms with Crippen molar-refractivity contribution in [3.05, 3.63) is 29.1 Å². The van der Waals surface area contributed by atoms with Crippen LogP contribution in [0.4, 0.5) is 0 Å². The van der Waals surface area contributed by atoms with E-state index < -0.39 is 0 Å². The first kappa shape index (κ1) is 10.6. The molecule has 82 valence electrons. The van der Waals surface area contributed by atoms with Crippen molar-refractivity contribution in [1.29, 1.82) is 5.26 Å². The fourth-order valence-corrected chi connectivity index (χ4v) is 1.38. The summed E-state index contributed by atoms with van der Waals surface area (Å²) in [6.07, 6.45) is 0. The number of carbonyl (C=O) groups excluding carboxylic acids is 1. The van der Waals surface area contributed by atoms with Gasteiger partial charge in [-0.05, 0) is 19.1 Å². The van der Waals surface area contributed by atoms with Crippen molar-refractivity contribution >= 4 is 5.91 Å². The van der Waals surface area contributed by atoms with Gasteiger partial charge in [-0.3, -0.25) is 4.79 Å². The van der Waals surface area contributed by atoms with Gasteiger partial charge in [0, 0.05) is 0 Å². The number of rotatable bonds is 2. The van der Waals surface area contributed by atoms with Gasteiger partial charge in [0.2, 0.25) is 0 Å². The van der Waals surface area contributed by atoms with E-state index in [9.17, 15) is 4.79 Å². The van der Waals surface area contributed by atoms with Gasteiger partial charge in [0.25, 0.3) is 5.91 Å². The number of hydrogen-bond acceptors (Lipinski definition) is 4. The van der Waals surface area contributed by atoms with Gasteiger partial charge in [-0.25, -0.2) is 4.98 Å². The highest BCUT2D eigenvalue weighted by Crippen LogP contribution is 2.07. The fraction of sp³-hybridized carbons (Fsp3) is 0.364. The van der Waals surface area contributed by atoms with Gasteiger partial charge in [-0.2, -0.15) is 5.26 Å². The largest absolute Gasteiger partial charge is 0.377 e. The van der Waals surface area contributed by atoms with Crippen molar-refractivity contribution in [2.45, 2.75) is 13.0 Å². The molecule has 1 aliphatic heterocycles. The van der Waals surface area contributed by atoms with Crippen LogP contribution in [0.15, 0.2) is 12.1 Å². The number of ether oxygens (including phenoxy) is 1. The van der Waals surface area contributed by atoms with E-state index in [0.717, 1.165) is 0 Å². The summed E-state index contributed by atoms with van der Waals surface area (Å²) in [5.74, 6) is -0.221. The maximum absolute atomic E-state index is 11.7. The molecule has 1 N–H and O–H groups in total. The zero-order valence-corrected chi connectivity index (χ0v) is 8.86. The second-order valence-electron chi connectivity index (χ2n) is 3.65. The number of pyridine rings is 1. The molecule has 0 aromatic carbocycles. The van der Waals surface area contributed by atoms with Crippen molar-refractivity contribution in [2.75, 3.05) is 13.2 Å². The summed E-state index contributed by atoms with van der Waals surface area (Å²) in [4.78, 5) is 15.8. The normalized spacial score (nSPS) is 15.0. The lowest BCUT2D eigenvalue weighted by molar-refractivity contribution is -0.00355. The molecule has 0 unspecified atom stereocenters. The Bertz CT molecular complexity index is 461. The smallest absolute Gasteiger partial charge is 0.270 e. The van der Waals surface area contributed by atoms with Gasteiger partial charge in [0.15, 0.2) is 0 Å². The SMILES string of the molecule is Cc1nc(C(=O)NC2COC2)ccc1C#N. The van der Waals surface area contributed by atoms with Crippen LogP contribution < -0.4 is 5.32 Å². The van der Waals surface area contributed by atoms with Crippen LogP contribution in [0.25, 0.3) is 0 Å². The minimum Gasteiger partial charge on any atom is -0.377 e. The molecule has 1 aromatic heterocycles. The quantitative estimate of drug-likeness (QED) is 0.777. The van der Waals surface area contributed by atoms with E-state index in [-0.39, 0.29) is 11.9 Å². The summed E-state index contributed by atoms with van der Waals surface area (Å²) in [5, 5.41) is 11.5. The van der Waals surface area contributed by atoms with Crippen LogP contribution in [0.1, 0.15) is 21.7 Å². The third-order valence-corrected chi connectivity index (χ3v) is 2.41. The summed E-state index contributed by atoms with van der Waals surface area (Å²) < 4.78 is 4.95. The van der Waals surface area contributed by atoms with Crippen molar-refractivity contribution in [3.8, 4) is 6.07 Å². The summed E-state index contributed by atoms with van der Waals surface area (Å²) in [6.45, 7) is 2.82. The van der Waals surface area contributed by atoms with Crippen molar-refractivity contribution in [1.82, 2.24) is 10.3 Å². The number of aryl methyl sites for hydroxylation is 1. The molecule has 1 aromatic rings. The first-order chi connectivity index (χ1) is 7.70. The second kappa shape index (κ2) is 4.29. The van der Waals surface area contributed by atoms with E-state index in [1.807, 2.05) is 6.07 Å². The third kappa shape index (κ3) is 2.02. The Kier molecular flexibility index (Phi) is 2.84. The molecular formula is C11H11N3O2. The lowest BCUT2D eigenvalue weighted by atomic mass is 10.2. The Labute approximate surface area is 93.1 Å². The Morgan fingerprint density at radius 1 is 1.62 bits per heavy atom. The van der Waals surface area contributed by atoms with Crippen molar-refractivity contribution < 1.29 is 9.53 Å². The highest BCUT2D eigenvalue weighted by Gasteiger charge is 2.21. The number of amides is 1. The predicted octanol–water partition coefficient (Wildman–Crippen LogP) is 0.390. The van der Waals surface area contributed by atoms with Crippen LogP contribution in [0.5, 0.6) is 0 Å². The molecular weight excluding hydrogens is 206 g/mol. The molecule has 2 rings (SSSR count). The lowest BCUT2D eigenvalue weighted by Crippen LogP contribution is -2.48. The van der Waals surface area contributed by atoms with Gasteiger partial charge in [-0.1, -0.05) is 0 Å². The predicted molar refractivity (Wildman–Crippen MR) is 55.8 cm³/mol. The van der Waals surface area contributed by atoms with E-state index >= 15 is 0 Å². The molecule has 0 radical (unpaired) electrons. The molecule has 2 heterocycles. The van der Waals surface area contributed by atoms with Gasteiger partial charge < -0.3 is 10.1 Å². The molecule has 1 amide bonds. The van der Waals surface area contributed by atoms with E-state index in [2.05, 4.69) is 10.3 Å². The van der Waals surface area contributed by atoms with Crippen molar-refractivity contribution in [2.24, 2.45) is 0 Å². The molecule has 16 heavy (non-hydrogen) atoms. The number of nitriles is 1. The fourth-order valence-electron chi connectivity index (χ4n) is 1.38. The van der Waals surface area contributed by atoms with Gasteiger partial charge in [0.1, 0.15) is 11.8 Å². The van der Waals surface area contributed by atoms with Crippen LogP contribution in [-0.4, -0.2) is 30.1 Å². The molecule has 1 saturated heterocycles. The maximum atomic E-state index is 11.7. The molecule has 5 nitrogen and oxygen atoms in total. The highest BCUT2D eigenvalue weighted by atomic mass is 16.5. The maximum Gasteiger partial charge on any atom is 0.270 e. The first-order valence-corrected chi connectivity index (χ1v) is 4.97. The van der Waals surface area contributed by atoms with Gasteiger partial charge >= 0.3 is 0 Å². The van der Waals surface area contributed by atoms with Crippen LogP contribution in [0.3, 0.4) is 0 Å². The van der Waals surface area contributed by atoms with Crippen LogP contribution >= 0.6 is 0 Å². The minimum absolute atomic E-state index is 0.0882. The average molecular weight is 217 g/mol. The summed E-state index contributed by atoms with van der Waals surface area (Å²) in [6, 6.07) is 5.26. The zero-order valence-electron chi connectivity index (χ0n) is 8.86. The van der Waals surface area contributed by atoms with E-state index in [4.69, 9.17) is 10.00 Å². The molecule has 1 aliphatic rings. The lowest BCUT2D eigenvalue weighted by Gasteiger charge is -2.26. The van der Waals surface area contributed by atoms with Gasteiger partial charge in [-0.15, -0.1) is 0 Å². The zero-order chi connectivity index (χ0) is 11.5. The molecule has 0 bridgehead atoms. The molecule has 1 fully saturated rings. The molecule has 0 saturated carbocycles. The Morgan fingerprint density at radius 3 is 2.88 bits per heavy atom. The number of hydrogen-bond donors (Lipinski definition) is 1. The average Bonchev–Trinajstić information content (AvgIpc) is 2.23. The Morgan fingerprint density at radius 2 is 2.38 bits per heavy atom. The van der Waals surface area contributed by atoms with Gasteiger partial charge in [0.05, 0.1) is 30.5 Å². The standard InChI is InChI=1S/C11H11N3O2/c1-7-8(4-12)2-3-10(13-7)11(15)14-9-5-16-6-9/h2-3,9H,5-6H2,1H3,(H,14,15). The summed E-state index contributed by atoms with van der Waals surface area (Å²) in [7, 11) is 0. The number of carbonyl (C=O) groups is 1.